The second kappa shape index (κ2) is 5.53. The molecule has 2 aliphatic rings. The first-order chi connectivity index (χ1) is 9.93. The minimum Gasteiger partial charge on any atom is -0.297 e. The van der Waals surface area contributed by atoms with Gasteiger partial charge in [0.15, 0.2) is 0 Å². The lowest BCUT2D eigenvalue weighted by atomic mass is 10.0. The van der Waals surface area contributed by atoms with Gasteiger partial charge in [0.1, 0.15) is 0 Å². The molecule has 21 heavy (non-hydrogen) atoms. The molecule has 0 saturated heterocycles. The highest BCUT2D eigenvalue weighted by molar-refractivity contribution is 7.90. The Hall–Kier alpha value is -1.21. The van der Waals surface area contributed by atoms with Crippen LogP contribution in [0.3, 0.4) is 0 Å². The van der Waals surface area contributed by atoms with Crippen molar-refractivity contribution < 1.29 is 8.42 Å². The third kappa shape index (κ3) is 3.18. The van der Waals surface area contributed by atoms with Crippen molar-refractivity contribution in [2.75, 3.05) is 19.3 Å². The van der Waals surface area contributed by atoms with E-state index in [1.165, 1.54) is 25.7 Å². The molecule has 116 valence electrons. The van der Waals surface area contributed by atoms with E-state index in [9.17, 15) is 13.2 Å². The van der Waals surface area contributed by atoms with Crippen molar-refractivity contribution in [1.29, 1.82) is 0 Å². The van der Waals surface area contributed by atoms with Crippen molar-refractivity contribution in [3.63, 3.8) is 0 Å². The zero-order valence-electron chi connectivity index (χ0n) is 12.3. The zero-order chi connectivity index (χ0) is 15.0. The Morgan fingerprint density at radius 1 is 1.33 bits per heavy atom. The summed E-state index contributed by atoms with van der Waals surface area (Å²) in [6.45, 7) is 2.47. The second-order valence-corrected chi connectivity index (χ2v) is 8.14. The molecular formula is C14H21N3O3S. The summed E-state index contributed by atoms with van der Waals surface area (Å²) in [6.07, 6.45) is 6.89. The van der Waals surface area contributed by atoms with Gasteiger partial charge in [-0.15, -0.1) is 0 Å². The van der Waals surface area contributed by atoms with Crippen LogP contribution < -0.4 is 5.56 Å². The normalized spacial score (nSPS) is 20.6. The van der Waals surface area contributed by atoms with Gasteiger partial charge < -0.3 is 0 Å². The van der Waals surface area contributed by atoms with Crippen LogP contribution in [0, 0.1) is 5.92 Å². The maximum atomic E-state index is 12.0. The number of nitrogens with zero attached hydrogens (tertiary/aromatic N) is 2. The number of rotatable bonds is 3. The van der Waals surface area contributed by atoms with E-state index < -0.39 is 9.84 Å². The molecule has 1 fully saturated rings. The van der Waals surface area contributed by atoms with Crippen LogP contribution in [-0.4, -0.2) is 42.6 Å². The number of fused-ring (bicyclic) bond motifs is 1. The average Bonchev–Trinajstić information content (AvgIpc) is 2.90. The van der Waals surface area contributed by atoms with E-state index in [2.05, 4.69) is 14.9 Å². The zero-order valence-corrected chi connectivity index (χ0v) is 13.1. The molecule has 1 N–H and O–H groups in total. The lowest BCUT2D eigenvalue weighted by molar-refractivity contribution is 0.210. The summed E-state index contributed by atoms with van der Waals surface area (Å²) in [5.41, 5.74) is 0.967. The smallest absolute Gasteiger partial charge is 0.255 e. The molecule has 0 unspecified atom stereocenters. The van der Waals surface area contributed by atoms with Gasteiger partial charge >= 0.3 is 0 Å². The van der Waals surface area contributed by atoms with Gasteiger partial charge in [-0.3, -0.25) is 14.7 Å². The maximum Gasteiger partial charge on any atom is 0.255 e. The van der Waals surface area contributed by atoms with Crippen LogP contribution in [0.2, 0.25) is 0 Å². The molecule has 1 saturated carbocycles. The third-order valence-electron chi connectivity index (χ3n) is 4.47. The molecule has 3 rings (SSSR count). The molecule has 1 aliphatic carbocycles. The van der Waals surface area contributed by atoms with Gasteiger partial charge in [-0.05, 0) is 25.2 Å². The largest absolute Gasteiger partial charge is 0.297 e. The summed E-state index contributed by atoms with van der Waals surface area (Å²) < 4.78 is 23.2. The van der Waals surface area contributed by atoms with Gasteiger partial charge in [0.2, 0.25) is 15.0 Å². The van der Waals surface area contributed by atoms with Crippen LogP contribution in [0.4, 0.5) is 0 Å². The van der Waals surface area contributed by atoms with E-state index >= 15 is 0 Å². The molecule has 0 radical (unpaired) electrons. The summed E-state index contributed by atoms with van der Waals surface area (Å²) in [6, 6.07) is 0. The minimum absolute atomic E-state index is 0.214. The molecule has 1 aliphatic heterocycles. The Bertz CT molecular complexity index is 690. The third-order valence-corrected chi connectivity index (χ3v) is 5.37. The van der Waals surface area contributed by atoms with E-state index in [-0.39, 0.29) is 10.7 Å². The van der Waals surface area contributed by atoms with Crippen molar-refractivity contribution in [3.05, 3.63) is 21.6 Å². The van der Waals surface area contributed by atoms with Crippen LogP contribution in [0.25, 0.3) is 0 Å². The van der Waals surface area contributed by atoms with Gasteiger partial charge in [-0.25, -0.2) is 13.4 Å². The van der Waals surface area contributed by atoms with Crippen molar-refractivity contribution in [2.45, 2.75) is 43.8 Å². The van der Waals surface area contributed by atoms with Crippen molar-refractivity contribution in [2.24, 2.45) is 5.92 Å². The SMILES string of the molecule is CS(=O)(=O)c1nc2c(c(=O)[nH]1)CCN(CC1CCCC1)C2. The Kier molecular flexibility index (Phi) is 3.88. The molecule has 0 atom stereocenters. The van der Waals surface area contributed by atoms with Crippen molar-refractivity contribution in [1.82, 2.24) is 14.9 Å². The second-order valence-electron chi connectivity index (χ2n) is 6.20. The number of H-pyrrole nitrogens is 1. The van der Waals surface area contributed by atoms with Crippen LogP contribution in [-0.2, 0) is 22.8 Å². The number of sulfone groups is 1. The van der Waals surface area contributed by atoms with E-state index in [1.807, 2.05) is 0 Å². The minimum atomic E-state index is -3.48. The highest BCUT2D eigenvalue weighted by atomic mass is 32.2. The summed E-state index contributed by atoms with van der Waals surface area (Å²) in [5.74, 6) is 0.739. The number of aromatic amines is 1. The summed E-state index contributed by atoms with van der Waals surface area (Å²) in [4.78, 5) is 20.9. The highest BCUT2D eigenvalue weighted by Crippen LogP contribution is 2.27. The fraction of sp³-hybridized carbons (Fsp3) is 0.714. The average molecular weight is 311 g/mol. The standard InChI is InChI=1S/C14H21N3O3S/c1-21(19,20)14-15-12-9-17(8-10-4-2-3-5-10)7-6-11(12)13(18)16-14/h10H,2-9H2,1H3,(H,15,16,18). The number of aromatic nitrogens is 2. The first-order valence-corrected chi connectivity index (χ1v) is 9.37. The molecule has 1 aromatic rings. The van der Waals surface area contributed by atoms with E-state index in [0.717, 1.165) is 25.3 Å². The molecule has 0 amide bonds. The van der Waals surface area contributed by atoms with Crippen LogP contribution >= 0.6 is 0 Å². The number of nitrogens with one attached hydrogen (secondary N) is 1. The molecular weight excluding hydrogens is 290 g/mol. The topological polar surface area (TPSA) is 83.1 Å². The number of hydrogen-bond acceptors (Lipinski definition) is 5. The summed E-state index contributed by atoms with van der Waals surface area (Å²) in [5, 5.41) is -0.214. The monoisotopic (exact) mass is 311 g/mol. The van der Waals surface area contributed by atoms with E-state index in [0.29, 0.717) is 24.2 Å². The fourth-order valence-electron chi connectivity index (χ4n) is 3.36. The van der Waals surface area contributed by atoms with Crippen LogP contribution in [0.15, 0.2) is 9.95 Å². The Labute approximate surface area is 124 Å². The van der Waals surface area contributed by atoms with Crippen molar-refractivity contribution in [3.8, 4) is 0 Å². The van der Waals surface area contributed by atoms with Crippen molar-refractivity contribution >= 4 is 9.84 Å². The first kappa shape index (κ1) is 14.7. The number of hydrogen-bond donors (Lipinski definition) is 1. The summed E-state index contributed by atoms with van der Waals surface area (Å²) in [7, 11) is -3.48. The molecule has 2 heterocycles. The molecule has 0 bridgehead atoms. The predicted octanol–water partition coefficient (Wildman–Crippen LogP) is 0.722. The Balaban J connectivity index is 1.83. The quantitative estimate of drug-likeness (QED) is 0.832. The van der Waals surface area contributed by atoms with Gasteiger partial charge in [-0.1, -0.05) is 12.8 Å². The highest BCUT2D eigenvalue weighted by Gasteiger charge is 2.25. The molecule has 6 nitrogen and oxygen atoms in total. The van der Waals surface area contributed by atoms with Gasteiger partial charge in [-0.2, -0.15) is 0 Å². The van der Waals surface area contributed by atoms with Gasteiger partial charge in [0.05, 0.1) is 5.69 Å². The van der Waals surface area contributed by atoms with E-state index in [4.69, 9.17) is 0 Å². The van der Waals surface area contributed by atoms with Crippen LogP contribution in [0.5, 0.6) is 0 Å². The maximum absolute atomic E-state index is 12.0. The molecule has 7 heteroatoms. The Morgan fingerprint density at radius 3 is 2.71 bits per heavy atom. The van der Waals surface area contributed by atoms with Gasteiger partial charge in [0.25, 0.3) is 5.56 Å². The van der Waals surface area contributed by atoms with Gasteiger partial charge in [0, 0.05) is 31.5 Å². The predicted molar refractivity (Wildman–Crippen MR) is 78.9 cm³/mol. The molecule has 0 aromatic carbocycles. The molecule has 0 spiro atoms. The van der Waals surface area contributed by atoms with E-state index in [1.54, 1.807) is 0 Å². The molecule has 1 aromatic heterocycles. The summed E-state index contributed by atoms with van der Waals surface area (Å²) >= 11 is 0. The fourth-order valence-corrected chi connectivity index (χ4v) is 3.91. The van der Waals surface area contributed by atoms with Crippen LogP contribution in [0.1, 0.15) is 36.9 Å². The lowest BCUT2D eigenvalue weighted by Crippen LogP contribution is -2.38. The first-order valence-electron chi connectivity index (χ1n) is 7.48. The Morgan fingerprint density at radius 2 is 2.05 bits per heavy atom. The lowest BCUT2D eigenvalue weighted by Gasteiger charge is -2.29.